The number of piperazine rings is 1. The topological polar surface area (TPSA) is 95.2 Å². The van der Waals surface area contributed by atoms with E-state index in [1.807, 2.05) is 6.07 Å². The Morgan fingerprint density at radius 1 is 1.16 bits per heavy atom. The highest BCUT2D eigenvalue weighted by molar-refractivity contribution is 14.0. The lowest BCUT2D eigenvalue weighted by molar-refractivity contribution is 0.0954. The molecule has 0 spiro atoms. The van der Waals surface area contributed by atoms with Crippen molar-refractivity contribution < 1.29 is 14.1 Å². The van der Waals surface area contributed by atoms with E-state index in [1.165, 1.54) is 0 Å². The van der Waals surface area contributed by atoms with Crippen molar-refractivity contribution in [1.82, 2.24) is 25.6 Å². The molecule has 3 rings (SSSR count). The van der Waals surface area contributed by atoms with E-state index in [2.05, 4.69) is 37.5 Å². The third-order valence-electron chi connectivity index (χ3n) is 4.89. The molecule has 1 fully saturated rings. The van der Waals surface area contributed by atoms with Gasteiger partial charge in [-0.05, 0) is 31.2 Å². The number of methoxy groups -OCH3 is 1. The van der Waals surface area contributed by atoms with Gasteiger partial charge >= 0.3 is 0 Å². The number of guanidine groups is 1. The van der Waals surface area contributed by atoms with Crippen molar-refractivity contribution in [3.63, 3.8) is 0 Å². The lowest BCUT2D eigenvalue weighted by atomic mass is 10.2. The third-order valence-corrected chi connectivity index (χ3v) is 4.89. The first kappa shape index (κ1) is 24.9. The molecular weight excluding hydrogens is 511 g/mol. The van der Waals surface area contributed by atoms with Crippen LogP contribution in [0.4, 0.5) is 0 Å². The van der Waals surface area contributed by atoms with Crippen LogP contribution in [-0.2, 0) is 6.54 Å². The van der Waals surface area contributed by atoms with Gasteiger partial charge in [0.15, 0.2) is 5.96 Å². The molecule has 31 heavy (non-hydrogen) atoms. The van der Waals surface area contributed by atoms with Gasteiger partial charge in [0.1, 0.15) is 12.0 Å². The fourth-order valence-corrected chi connectivity index (χ4v) is 3.27. The fraction of sp³-hybridized carbons (Fsp3) is 0.476. The first-order valence-electron chi connectivity index (χ1n) is 10.3. The summed E-state index contributed by atoms with van der Waals surface area (Å²) in [6.07, 6.45) is 1.61. The summed E-state index contributed by atoms with van der Waals surface area (Å²) in [5, 5.41) is 10.2. The van der Waals surface area contributed by atoms with Gasteiger partial charge in [-0.3, -0.25) is 14.7 Å². The minimum Gasteiger partial charge on any atom is -0.497 e. The maximum Gasteiger partial charge on any atom is 0.251 e. The summed E-state index contributed by atoms with van der Waals surface area (Å²) >= 11 is 0. The molecule has 9 nitrogen and oxygen atoms in total. The number of amides is 1. The highest BCUT2D eigenvalue weighted by atomic mass is 127. The van der Waals surface area contributed by atoms with E-state index in [9.17, 15) is 4.79 Å². The van der Waals surface area contributed by atoms with E-state index in [0.717, 1.165) is 56.7 Å². The average Bonchev–Trinajstić information content (AvgIpc) is 3.29. The fourth-order valence-electron chi connectivity index (χ4n) is 3.27. The van der Waals surface area contributed by atoms with Gasteiger partial charge in [-0.2, -0.15) is 0 Å². The van der Waals surface area contributed by atoms with Crippen molar-refractivity contribution in [2.45, 2.75) is 13.5 Å². The summed E-state index contributed by atoms with van der Waals surface area (Å²) in [5.74, 6) is 1.50. The minimum atomic E-state index is -0.112. The molecule has 0 bridgehead atoms. The number of nitrogens with zero attached hydrogens (tertiary/aromatic N) is 4. The number of rotatable bonds is 8. The number of carbonyl (C=O) groups is 1. The zero-order chi connectivity index (χ0) is 21.2. The van der Waals surface area contributed by atoms with Crippen LogP contribution in [0, 0.1) is 0 Å². The van der Waals surface area contributed by atoms with Crippen LogP contribution in [-0.4, -0.2) is 79.7 Å². The number of aliphatic imine (C=N–C) groups is 1. The second kappa shape index (κ2) is 13.2. The van der Waals surface area contributed by atoms with Gasteiger partial charge in [0.05, 0.1) is 19.3 Å². The Labute approximate surface area is 200 Å². The number of hydrogen-bond acceptors (Lipinski definition) is 6. The average molecular weight is 542 g/mol. The molecule has 2 aromatic rings. The second-order valence-corrected chi connectivity index (χ2v) is 6.97. The van der Waals surface area contributed by atoms with Gasteiger partial charge in [0.2, 0.25) is 0 Å². The van der Waals surface area contributed by atoms with Gasteiger partial charge < -0.3 is 24.8 Å². The van der Waals surface area contributed by atoms with Crippen molar-refractivity contribution in [1.29, 1.82) is 0 Å². The predicted octanol–water partition coefficient (Wildman–Crippen LogP) is 1.81. The molecule has 2 N–H and O–H groups in total. The molecule has 0 atom stereocenters. The molecule has 1 amide bonds. The summed E-state index contributed by atoms with van der Waals surface area (Å²) in [6.45, 7) is 8.31. The van der Waals surface area contributed by atoms with Gasteiger partial charge in [-0.1, -0.05) is 5.16 Å². The van der Waals surface area contributed by atoms with Gasteiger partial charge in [-0.15, -0.1) is 24.0 Å². The Bertz CT molecular complexity index is 805. The Morgan fingerprint density at radius 3 is 2.52 bits per heavy atom. The van der Waals surface area contributed by atoms with Crippen LogP contribution in [0.1, 0.15) is 23.0 Å². The molecule has 170 valence electrons. The number of carbonyl (C=O) groups excluding carboxylic acids is 1. The van der Waals surface area contributed by atoms with Crippen molar-refractivity contribution in [2.24, 2.45) is 4.99 Å². The largest absolute Gasteiger partial charge is 0.497 e. The van der Waals surface area contributed by atoms with Crippen LogP contribution >= 0.6 is 24.0 Å². The molecule has 1 aromatic heterocycles. The van der Waals surface area contributed by atoms with Crippen LogP contribution in [0.25, 0.3) is 0 Å². The molecule has 1 saturated heterocycles. The van der Waals surface area contributed by atoms with Gasteiger partial charge in [0.25, 0.3) is 5.91 Å². The van der Waals surface area contributed by atoms with Crippen LogP contribution < -0.4 is 15.4 Å². The maximum atomic E-state index is 12.2. The Balaban J connectivity index is 0.00000341. The number of ether oxygens (including phenoxy) is 1. The number of hydrogen-bond donors (Lipinski definition) is 2. The van der Waals surface area contributed by atoms with Crippen molar-refractivity contribution in [3.05, 3.63) is 47.9 Å². The summed E-state index contributed by atoms with van der Waals surface area (Å²) in [4.78, 5) is 21.5. The number of aromatic nitrogens is 1. The van der Waals surface area contributed by atoms with Crippen LogP contribution in [0.5, 0.6) is 5.75 Å². The monoisotopic (exact) mass is 542 g/mol. The smallest absolute Gasteiger partial charge is 0.251 e. The molecule has 1 aliphatic heterocycles. The van der Waals surface area contributed by atoms with E-state index in [-0.39, 0.29) is 29.9 Å². The minimum absolute atomic E-state index is 0. The molecule has 1 aromatic carbocycles. The van der Waals surface area contributed by atoms with Gasteiger partial charge in [0, 0.05) is 57.4 Å². The number of halogens is 1. The highest BCUT2D eigenvalue weighted by Crippen LogP contribution is 2.11. The molecule has 2 heterocycles. The molecule has 0 saturated carbocycles. The number of benzene rings is 1. The third kappa shape index (κ3) is 7.69. The zero-order valence-corrected chi connectivity index (χ0v) is 20.4. The quantitative estimate of drug-likeness (QED) is 0.228. The van der Waals surface area contributed by atoms with Crippen molar-refractivity contribution in [3.8, 4) is 5.75 Å². The molecule has 0 unspecified atom stereocenters. The molecule has 1 aliphatic rings. The van der Waals surface area contributed by atoms with Crippen molar-refractivity contribution in [2.75, 3.05) is 52.9 Å². The van der Waals surface area contributed by atoms with E-state index in [4.69, 9.17) is 9.26 Å². The Kier molecular flexibility index (Phi) is 10.6. The molecule has 0 aliphatic carbocycles. The van der Waals surface area contributed by atoms with Crippen LogP contribution in [0.3, 0.4) is 0 Å². The molecular formula is C21H31IN6O3. The lowest BCUT2D eigenvalue weighted by Crippen LogP contribution is -2.52. The first-order valence-corrected chi connectivity index (χ1v) is 10.3. The first-order chi connectivity index (χ1) is 14.7. The second-order valence-electron chi connectivity index (χ2n) is 6.97. The summed E-state index contributed by atoms with van der Waals surface area (Å²) in [7, 11) is 1.60. The predicted molar refractivity (Wildman–Crippen MR) is 130 cm³/mol. The zero-order valence-electron chi connectivity index (χ0n) is 18.0. The number of nitrogens with one attached hydrogen (secondary N) is 2. The standard InChI is InChI=1S/C21H30N6O3.HI/c1-3-22-21(27-13-11-26(12-14-27)16-18-8-15-30-25-18)24-10-9-23-20(28)17-4-6-19(29-2)7-5-17;/h4-8,15H,3,9-14,16H2,1-2H3,(H,22,24)(H,23,28);1H. The summed E-state index contributed by atoms with van der Waals surface area (Å²) in [6, 6.07) is 8.95. The summed E-state index contributed by atoms with van der Waals surface area (Å²) in [5.41, 5.74) is 1.56. The maximum absolute atomic E-state index is 12.2. The van der Waals surface area contributed by atoms with E-state index < -0.39 is 0 Å². The van der Waals surface area contributed by atoms with E-state index >= 15 is 0 Å². The molecule has 0 radical (unpaired) electrons. The SMILES string of the molecule is CCNC(=NCCNC(=O)c1ccc(OC)cc1)N1CCN(Cc2ccon2)CC1.I. The van der Waals surface area contributed by atoms with E-state index in [1.54, 1.807) is 37.6 Å². The highest BCUT2D eigenvalue weighted by Gasteiger charge is 2.20. The Morgan fingerprint density at radius 2 is 1.90 bits per heavy atom. The van der Waals surface area contributed by atoms with Crippen LogP contribution in [0.2, 0.25) is 0 Å². The van der Waals surface area contributed by atoms with E-state index in [0.29, 0.717) is 18.7 Å². The lowest BCUT2D eigenvalue weighted by Gasteiger charge is -2.36. The summed E-state index contributed by atoms with van der Waals surface area (Å²) < 4.78 is 10.0. The Hall–Kier alpha value is -2.34. The van der Waals surface area contributed by atoms with Crippen molar-refractivity contribution >= 4 is 35.8 Å². The molecule has 10 heteroatoms. The van der Waals surface area contributed by atoms with Crippen LogP contribution in [0.15, 0.2) is 46.1 Å². The normalized spacial score (nSPS) is 14.6. The van der Waals surface area contributed by atoms with Gasteiger partial charge in [-0.25, -0.2) is 0 Å².